The molecule has 0 saturated carbocycles. The predicted molar refractivity (Wildman–Crippen MR) is 83.3 cm³/mol. The normalized spacial score (nSPS) is 11.3. The van der Waals surface area contributed by atoms with Crippen LogP contribution in [0.4, 0.5) is 5.69 Å². The van der Waals surface area contributed by atoms with Gasteiger partial charge in [-0.1, -0.05) is 6.07 Å². The third kappa shape index (κ3) is 2.71. The van der Waals surface area contributed by atoms with Gasteiger partial charge in [0.15, 0.2) is 0 Å². The van der Waals surface area contributed by atoms with Crippen molar-refractivity contribution in [2.24, 2.45) is 0 Å². The van der Waals surface area contributed by atoms with E-state index in [0.29, 0.717) is 17.0 Å². The van der Waals surface area contributed by atoms with Gasteiger partial charge in [0, 0.05) is 30.0 Å². The first-order valence-corrected chi connectivity index (χ1v) is 7.94. The van der Waals surface area contributed by atoms with Crippen LogP contribution in [-0.4, -0.2) is 25.5 Å². The molecule has 22 heavy (non-hydrogen) atoms. The maximum atomic E-state index is 12.4. The molecular weight excluding hydrogens is 302 g/mol. The van der Waals surface area contributed by atoms with Crippen molar-refractivity contribution in [3.8, 4) is 5.75 Å². The second-order valence-electron chi connectivity index (χ2n) is 4.54. The van der Waals surface area contributed by atoms with Gasteiger partial charge in [0.05, 0.1) is 18.3 Å². The number of hydrogen-bond donors (Lipinski definition) is 1. The molecule has 112 valence electrons. The Balaban J connectivity index is 2.11. The highest BCUT2D eigenvalue weighted by atomic mass is 32.2. The number of benzene rings is 1. The number of hydrogen-bond acceptors (Lipinski definition) is 5. The summed E-state index contributed by atoms with van der Waals surface area (Å²) in [6.45, 7) is 0. The van der Waals surface area contributed by atoms with E-state index in [9.17, 15) is 8.42 Å². The van der Waals surface area contributed by atoms with Crippen LogP contribution in [0, 0.1) is 0 Å². The molecule has 0 aliphatic carbocycles. The first kappa shape index (κ1) is 14.3. The fourth-order valence-corrected chi connectivity index (χ4v) is 3.09. The lowest BCUT2D eigenvalue weighted by atomic mass is 10.2. The van der Waals surface area contributed by atoms with Gasteiger partial charge in [0.2, 0.25) is 0 Å². The lowest BCUT2D eigenvalue weighted by Gasteiger charge is -2.11. The van der Waals surface area contributed by atoms with Crippen LogP contribution >= 0.6 is 0 Å². The second-order valence-corrected chi connectivity index (χ2v) is 6.23. The summed E-state index contributed by atoms with van der Waals surface area (Å²) in [5.41, 5.74) is 0.912. The van der Waals surface area contributed by atoms with Crippen LogP contribution < -0.4 is 9.46 Å². The van der Waals surface area contributed by atoms with Crippen molar-refractivity contribution in [3.05, 3.63) is 55.0 Å². The second kappa shape index (κ2) is 5.61. The van der Waals surface area contributed by atoms with E-state index >= 15 is 0 Å². The molecule has 7 heteroatoms. The number of sulfonamides is 1. The largest absolute Gasteiger partial charge is 0.497 e. The summed E-state index contributed by atoms with van der Waals surface area (Å²) in [6.07, 6.45) is 4.41. The highest BCUT2D eigenvalue weighted by Gasteiger charge is 2.17. The van der Waals surface area contributed by atoms with Crippen LogP contribution in [-0.2, 0) is 10.0 Å². The molecule has 6 nitrogen and oxygen atoms in total. The van der Waals surface area contributed by atoms with Gasteiger partial charge in [0.25, 0.3) is 10.0 Å². The lowest BCUT2D eigenvalue weighted by molar-refractivity contribution is 0.415. The quantitative estimate of drug-likeness (QED) is 0.799. The number of nitrogens with zero attached hydrogens (tertiary/aromatic N) is 2. The minimum absolute atomic E-state index is 0.0851. The van der Waals surface area contributed by atoms with E-state index in [0.717, 1.165) is 5.39 Å². The van der Waals surface area contributed by atoms with Gasteiger partial charge in [-0.3, -0.25) is 14.7 Å². The zero-order valence-corrected chi connectivity index (χ0v) is 12.5. The fourth-order valence-electron chi connectivity index (χ4n) is 2.07. The minimum atomic E-state index is -3.74. The standard InChI is InChI=1S/C15H13N3O3S/c1-21-12-8-11-4-2-7-17-15(11)14(9-12)18-22(19,20)13-5-3-6-16-10-13/h2-10,18H,1H3. The highest BCUT2D eigenvalue weighted by molar-refractivity contribution is 7.92. The Kier molecular flexibility index (Phi) is 3.64. The summed E-state index contributed by atoms with van der Waals surface area (Å²) in [5, 5.41) is 0.783. The summed E-state index contributed by atoms with van der Waals surface area (Å²) in [5.74, 6) is 0.546. The van der Waals surface area contributed by atoms with E-state index < -0.39 is 10.0 Å². The first-order valence-electron chi connectivity index (χ1n) is 6.46. The van der Waals surface area contributed by atoms with Crippen LogP contribution in [0.15, 0.2) is 59.9 Å². The van der Waals surface area contributed by atoms with Gasteiger partial charge in [0.1, 0.15) is 10.6 Å². The molecule has 0 unspecified atom stereocenters. The maximum absolute atomic E-state index is 12.4. The zero-order valence-electron chi connectivity index (χ0n) is 11.7. The minimum Gasteiger partial charge on any atom is -0.497 e. The third-order valence-corrected chi connectivity index (χ3v) is 4.45. The van der Waals surface area contributed by atoms with Crippen molar-refractivity contribution in [1.29, 1.82) is 0 Å². The number of pyridine rings is 2. The monoisotopic (exact) mass is 315 g/mol. The van der Waals surface area contributed by atoms with E-state index in [-0.39, 0.29) is 4.90 Å². The molecular formula is C15H13N3O3S. The Labute approximate surface area is 127 Å². The summed E-state index contributed by atoms with van der Waals surface area (Å²) in [4.78, 5) is 8.15. The van der Waals surface area contributed by atoms with Crippen LogP contribution in [0.1, 0.15) is 0 Å². The SMILES string of the molecule is COc1cc(NS(=O)(=O)c2cccnc2)c2ncccc2c1. The average molecular weight is 315 g/mol. The highest BCUT2D eigenvalue weighted by Crippen LogP contribution is 2.29. The topological polar surface area (TPSA) is 81.2 Å². The Bertz CT molecular complexity index is 912. The molecule has 1 N–H and O–H groups in total. The van der Waals surface area contributed by atoms with E-state index in [1.165, 1.54) is 25.6 Å². The molecule has 0 aliphatic heterocycles. The molecule has 0 radical (unpaired) electrons. The number of methoxy groups -OCH3 is 1. The van der Waals surface area contributed by atoms with E-state index in [1.54, 1.807) is 30.5 Å². The number of nitrogens with one attached hydrogen (secondary N) is 1. The average Bonchev–Trinajstić information content (AvgIpc) is 2.55. The third-order valence-electron chi connectivity index (χ3n) is 3.10. The Morgan fingerprint density at radius 3 is 2.68 bits per heavy atom. The zero-order chi connectivity index (χ0) is 15.6. The van der Waals surface area contributed by atoms with E-state index in [2.05, 4.69) is 14.7 Å². The molecule has 0 fully saturated rings. The Morgan fingerprint density at radius 1 is 1.14 bits per heavy atom. The molecule has 1 aromatic carbocycles. The van der Waals surface area contributed by atoms with Crippen molar-refractivity contribution < 1.29 is 13.2 Å². The van der Waals surface area contributed by atoms with E-state index in [1.807, 2.05) is 6.07 Å². The van der Waals surface area contributed by atoms with Crippen LogP contribution in [0.2, 0.25) is 0 Å². The van der Waals surface area contributed by atoms with Gasteiger partial charge in [-0.2, -0.15) is 0 Å². The Morgan fingerprint density at radius 2 is 1.95 bits per heavy atom. The molecule has 3 aromatic rings. The maximum Gasteiger partial charge on any atom is 0.263 e. The predicted octanol–water partition coefficient (Wildman–Crippen LogP) is 2.44. The Hall–Kier alpha value is -2.67. The summed E-state index contributed by atoms with van der Waals surface area (Å²) < 4.78 is 32.6. The molecule has 0 amide bonds. The molecule has 0 saturated heterocycles. The summed E-state index contributed by atoms with van der Waals surface area (Å²) in [7, 11) is -2.21. The summed E-state index contributed by atoms with van der Waals surface area (Å²) >= 11 is 0. The number of aromatic nitrogens is 2. The number of fused-ring (bicyclic) bond motifs is 1. The lowest BCUT2D eigenvalue weighted by Crippen LogP contribution is -2.13. The van der Waals surface area contributed by atoms with Crippen molar-refractivity contribution >= 4 is 26.6 Å². The first-order chi connectivity index (χ1) is 10.6. The number of ether oxygens (including phenoxy) is 1. The van der Waals surface area contributed by atoms with Crippen molar-refractivity contribution in [2.45, 2.75) is 4.90 Å². The molecule has 2 heterocycles. The molecule has 0 atom stereocenters. The van der Waals surface area contributed by atoms with Gasteiger partial charge in [-0.05, 0) is 24.3 Å². The molecule has 0 bridgehead atoms. The smallest absolute Gasteiger partial charge is 0.263 e. The van der Waals surface area contributed by atoms with Gasteiger partial charge >= 0.3 is 0 Å². The van der Waals surface area contributed by atoms with E-state index in [4.69, 9.17) is 4.74 Å². The van der Waals surface area contributed by atoms with Gasteiger partial charge in [-0.25, -0.2) is 8.42 Å². The van der Waals surface area contributed by atoms with Crippen LogP contribution in [0.5, 0.6) is 5.75 Å². The van der Waals surface area contributed by atoms with Crippen LogP contribution in [0.25, 0.3) is 10.9 Å². The number of rotatable bonds is 4. The van der Waals surface area contributed by atoms with Crippen molar-refractivity contribution in [2.75, 3.05) is 11.8 Å². The van der Waals surface area contributed by atoms with Crippen molar-refractivity contribution in [3.63, 3.8) is 0 Å². The van der Waals surface area contributed by atoms with Gasteiger partial charge < -0.3 is 4.74 Å². The van der Waals surface area contributed by atoms with Gasteiger partial charge in [-0.15, -0.1) is 0 Å². The number of anilines is 1. The molecule has 0 spiro atoms. The molecule has 3 rings (SSSR count). The van der Waals surface area contributed by atoms with Crippen LogP contribution in [0.3, 0.4) is 0 Å². The molecule has 0 aliphatic rings. The van der Waals surface area contributed by atoms with Crippen molar-refractivity contribution in [1.82, 2.24) is 9.97 Å². The fraction of sp³-hybridized carbons (Fsp3) is 0.0667. The molecule has 2 aromatic heterocycles. The summed E-state index contributed by atoms with van der Waals surface area (Å²) in [6, 6.07) is 10.1.